The molecule has 1 amide bonds. The van der Waals surface area contributed by atoms with E-state index in [1.165, 1.54) is 0 Å². The van der Waals surface area contributed by atoms with Gasteiger partial charge < -0.3 is 15.0 Å². The Labute approximate surface area is 114 Å². The summed E-state index contributed by atoms with van der Waals surface area (Å²) in [6.45, 7) is 8.23. The lowest BCUT2D eigenvalue weighted by molar-refractivity contribution is -0.135. The summed E-state index contributed by atoms with van der Waals surface area (Å²) in [7, 11) is 0. The maximum absolute atomic E-state index is 12.5. The van der Waals surface area contributed by atoms with Crippen molar-refractivity contribution < 1.29 is 9.53 Å². The first-order valence-corrected chi connectivity index (χ1v) is 8.02. The van der Waals surface area contributed by atoms with Gasteiger partial charge >= 0.3 is 0 Å². The van der Waals surface area contributed by atoms with Crippen LogP contribution in [0, 0.1) is 5.92 Å². The third-order valence-electron chi connectivity index (χ3n) is 3.77. The van der Waals surface area contributed by atoms with Crippen molar-refractivity contribution in [1.29, 1.82) is 0 Å². The van der Waals surface area contributed by atoms with E-state index in [0.717, 1.165) is 31.8 Å². The molecule has 104 valence electrons. The van der Waals surface area contributed by atoms with Crippen LogP contribution < -0.4 is 5.32 Å². The predicted octanol–water partition coefficient (Wildman–Crippen LogP) is 0.965. The Bertz CT molecular complexity index is 288. The lowest BCUT2D eigenvalue weighted by atomic mass is 10.0. The lowest BCUT2D eigenvalue weighted by Crippen LogP contribution is -2.49. The van der Waals surface area contributed by atoms with E-state index < -0.39 is 0 Å². The molecule has 4 nitrogen and oxygen atoms in total. The second-order valence-electron chi connectivity index (χ2n) is 4.99. The van der Waals surface area contributed by atoms with E-state index in [1.807, 2.05) is 16.7 Å². The molecule has 18 heavy (non-hydrogen) atoms. The molecule has 2 rings (SSSR count). The normalized spacial score (nSPS) is 32.8. The summed E-state index contributed by atoms with van der Waals surface area (Å²) in [6, 6.07) is 0.206. The van der Waals surface area contributed by atoms with Crippen LogP contribution in [0.2, 0.25) is 0 Å². The van der Waals surface area contributed by atoms with Gasteiger partial charge in [0.25, 0.3) is 0 Å². The molecule has 0 aromatic rings. The van der Waals surface area contributed by atoms with Crippen LogP contribution in [-0.4, -0.2) is 60.7 Å². The van der Waals surface area contributed by atoms with Crippen LogP contribution in [0.1, 0.15) is 20.3 Å². The molecule has 5 heteroatoms. The molecule has 0 aromatic carbocycles. The minimum absolute atomic E-state index is 0.0190. The zero-order valence-corrected chi connectivity index (χ0v) is 12.2. The van der Waals surface area contributed by atoms with Crippen LogP contribution in [0.3, 0.4) is 0 Å². The van der Waals surface area contributed by atoms with Crippen LogP contribution in [0.15, 0.2) is 0 Å². The standard InChI is InChI=1S/C13H24N2O2S/c1-3-10-7-15(5-6-18-10)13(16)11-8-17-9-12(11)14-4-2/h10-12,14H,3-9H2,1-2H3. The molecule has 2 saturated heterocycles. The summed E-state index contributed by atoms with van der Waals surface area (Å²) in [5, 5.41) is 3.98. The number of likely N-dealkylation sites (N-methyl/N-ethyl adjacent to an activating group) is 1. The maximum Gasteiger partial charge on any atom is 0.229 e. The van der Waals surface area contributed by atoms with Gasteiger partial charge in [-0.25, -0.2) is 0 Å². The highest BCUT2D eigenvalue weighted by molar-refractivity contribution is 8.00. The van der Waals surface area contributed by atoms with Crippen LogP contribution in [-0.2, 0) is 9.53 Å². The second kappa shape index (κ2) is 6.78. The van der Waals surface area contributed by atoms with Gasteiger partial charge in [0.1, 0.15) is 0 Å². The van der Waals surface area contributed by atoms with Gasteiger partial charge in [0, 0.05) is 30.1 Å². The van der Waals surface area contributed by atoms with Crippen LogP contribution in [0.25, 0.3) is 0 Å². The van der Waals surface area contributed by atoms with Gasteiger partial charge in [-0.2, -0.15) is 11.8 Å². The summed E-state index contributed by atoms with van der Waals surface area (Å²) in [5.41, 5.74) is 0. The minimum atomic E-state index is 0.0190. The van der Waals surface area contributed by atoms with Crippen molar-refractivity contribution in [3.63, 3.8) is 0 Å². The number of nitrogens with zero attached hydrogens (tertiary/aromatic N) is 1. The molecule has 1 N–H and O–H groups in total. The zero-order chi connectivity index (χ0) is 13.0. The molecule has 0 bridgehead atoms. The van der Waals surface area contributed by atoms with Crippen molar-refractivity contribution in [2.24, 2.45) is 5.92 Å². The van der Waals surface area contributed by atoms with E-state index in [4.69, 9.17) is 4.74 Å². The fraction of sp³-hybridized carbons (Fsp3) is 0.923. The van der Waals surface area contributed by atoms with Gasteiger partial charge in [0.15, 0.2) is 0 Å². The monoisotopic (exact) mass is 272 g/mol. The number of hydrogen-bond acceptors (Lipinski definition) is 4. The number of amides is 1. The first kappa shape index (κ1) is 14.2. The highest BCUT2D eigenvalue weighted by Gasteiger charge is 2.37. The Balaban J connectivity index is 1.93. The number of rotatable bonds is 4. The molecule has 0 aromatic heterocycles. The number of thioether (sulfide) groups is 1. The van der Waals surface area contributed by atoms with Crippen LogP contribution >= 0.6 is 11.8 Å². The Morgan fingerprint density at radius 2 is 2.28 bits per heavy atom. The van der Waals surface area contributed by atoms with Crippen LogP contribution in [0.5, 0.6) is 0 Å². The maximum atomic E-state index is 12.5. The molecule has 0 saturated carbocycles. The quantitative estimate of drug-likeness (QED) is 0.828. The molecule has 3 unspecified atom stereocenters. The fourth-order valence-electron chi connectivity index (χ4n) is 2.66. The van der Waals surface area contributed by atoms with Gasteiger partial charge in [-0.3, -0.25) is 4.79 Å². The first-order valence-electron chi connectivity index (χ1n) is 6.97. The second-order valence-corrected chi connectivity index (χ2v) is 6.40. The highest BCUT2D eigenvalue weighted by Crippen LogP contribution is 2.24. The number of hydrogen-bond donors (Lipinski definition) is 1. The van der Waals surface area contributed by atoms with Gasteiger partial charge in [-0.05, 0) is 13.0 Å². The van der Waals surface area contributed by atoms with Crippen molar-refractivity contribution in [3.8, 4) is 0 Å². The highest BCUT2D eigenvalue weighted by atomic mass is 32.2. The molecule has 2 heterocycles. The average molecular weight is 272 g/mol. The van der Waals surface area contributed by atoms with E-state index in [0.29, 0.717) is 18.5 Å². The average Bonchev–Trinajstić information content (AvgIpc) is 2.86. The van der Waals surface area contributed by atoms with E-state index in [2.05, 4.69) is 19.2 Å². The summed E-state index contributed by atoms with van der Waals surface area (Å²) in [6.07, 6.45) is 1.15. The van der Waals surface area contributed by atoms with Gasteiger partial charge in [0.2, 0.25) is 5.91 Å². The molecule has 0 aliphatic carbocycles. The van der Waals surface area contributed by atoms with E-state index in [-0.39, 0.29) is 17.9 Å². The number of ether oxygens (including phenoxy) is 1. The van der Waals surface area contributed by atoms with E-state index in [1.54, 1.807) is 0 Å². The first-order chi connectivity index (χ1) is 8.76. The molecular weight excluding hydrogens is 248 g/mol. The van der Waals surface area contributed by atoms with Crippen molar-refractivity contribution in [2.45, 2.75) is 31.6 Å². The van der Waals surface area contributed by atoms with Gasteiger partial charge in [0.05, 0.1) is 19.1 Å². The number of carbonyl (C=O) groups excluding carboxylic acids is 1. The smallest absolute Gasteiger partial charge is 0.229 e. The van der Waals surface area contributed by atoms with Crippen molar-refractivity contribution in [2.75, 3.05) is 38.6 Å². The molecule has 2 aliphatic heterocycles. The summed E-state index contributed by atoms with van der Waals surface area (Å²) in [5.74, 6) is 1.38. The Hall–Kier alpha value is -0.260. The fourth-order valence-corrected chi connectivity index (χ4v) is 3.84. The molecular formula is C13H24N2O2S. The van der Waals surface area contributed by atoms with Gasteiger partial charge in [-0.15, -0.1) is 0 Å². The summed E-state index contributed by atoms with van der Waals surface area (Å²) in [4.78, 5) is 14.6. The Morgan fingerprint density at radius 3 is 3.00 bits per heavy atom. The third kappa shape index (κ3) is 3.19. The minimum Gasteiger partial charge on any atom is -0.379 e. The molecule has 3 atom stereocenters. The van der Waals surface area contributed by atoms with Crippen molar-refractivity contribution in [1.82, 2.24) is 10.2 Å². The molecule has 2 fully saturated rings. The van der Waals surface area contributed by atoms with Crippen molar-refractivity contribution >= 4 is 17.7 Å². The molecule has 0 spiro atoms. The number of carbonyl (C=O) groups is 1. The lowest BCUT2D eigenvalue weighted by Gasteiger charge is -2.34. The topological polar surface area (TPSA) is 41.6 Å². The predicted molar refractivity (Wildman–Crippen MR) is 74.9 cm³/mol. The SMILES string of the molecule is CCNC1COCC1C(=O)N1CCSC(CC)C1. The van der Waals surface area contributed by atoms with Gasteiger partial charge in [-0.1, -0.05) is 13.8 Å². The third-order valence-corrected chi connectivity index (χ3v) is 5.14. The zero-order valence-electron chi connectivity index (χ0n) is 11.4. The summed E-state index contributed by atoms with van der Waals surface area (Å²) >= 11 is 2.00. The van der Waals surface area contributed by atoms with Crippen molar-refractivity contribution in [3.05, 3.63) is 0 Å². The number of nitrogens with one attached hydrogen (secondary N) is 1. The molecule has 0 radical (unpaired) electrons. The van der Waals surface area contributed by atoms with E-state index in [9.17, 15) is 4.79 Å². The van der Waals surface area contributed by atoms with Crippen LogP contribution in [0.4, 0.5) is 0 Å². The van der Waals surface area contributed by atoms with E-state index >= 15 is 0 Å². The Morgan fingerprint density at radius 1 is 1.44 bits per heavy atom. The Kier molecular flexibility index (Phi) is 5.33. The molecule has 2 aliphatic rings. The largest absolute Gasteiger partial charge is 0.379 e. The summed E-state index contributed by atoms with van der Waals surface area (Å²) < 4.78 is 5.47.